The molecule has 2 aliphatic heterocycles. The molecule has 2 saturated heterocycles. The second-order valence-electron chi connectivity index (χ2n) is 13.4. The molecule has 6 aromatic rings. The number of carbonyl (C=O) groups excluding carboxylic acids is 4. The zero-order valence-corrected chi connectivity index (χ0v) is 32.6. The maximum atomic E-state index is 12.6. The highest BCUT2D eigenvalue weighted by Gasteiger charge is 2.24. The van der Waals surface area contributed by atoms with Crippen LogP contribution < -0.4 is 37.9 Å². The summed E-state index contributed by atoms with van der Waals surface area (Å²) in [6.45, 7) is 3.09. The number of rotatable bonds is 19. The van der Waals surface area contributed by atoms with Crippen LogP contribution in [0.15, 0.2) is 109 Å². The first kappa shape index (κ1) is 40.9. The van der Waals surface area contributed by atoms with E-state index in [9.17, 15) is 19.2 Å². The van der Waals surface area contributed by atoms with Gasteiger partial charge in [-0.25, -0.2) is 19.2 Å². The molecule has 2 unspecified atom stereocenters. The fraction of sp³-hybridized carbons (Fsp3) is 0.238. The van der Waals surface area contributed by atoms with Crippen molar-refractivity contribution in [1.29, 1.82) is 0 Å². The molecule has 0 aliphatic carbocycles. The number of unbranched alkanes of at least 4 members (excludes halogenated alkanes) is 1. The van der Waals surface area contributed by atoms with Gasteiger partial charge in [-0.1, -0.05) is 10.4 Å². The molecule has 20 nitrogen and oxygen atoms in total. The zero-order valence-electron chi connectivity index (χ0n) is 32.6. The van der Waals surface area contributed by atoms with Crippen molar-refractivity contribution in [2.75, 3.05) is 39.6 Å². The smallest absolute Gasteiger partial charge is 0.441 e. The number of ether oxygens (including phenoxy) is 10. The van der Waals surface area contributed by atoms with Gasteiger partial charge in [0.1, 0.15) is 71.4 Å². The molecule has 0 saturated carbocycles. The largest absolute Gasteiger partial charge is 0.494 e. The predicted octanol–water partition coefficient (Wildman–Crippen LogP) is 5.20. The lowest BCUT2D eigenvalue weighted by Crippen LogP contribution is -2.17. The van der Waals surface area contributed by atoms with E-state index in [0.29, 0.717) is 75.5 Å². The maximum absolute atomic E-state index is 12.6. The average molecular weight is 849 g/mol. The Kier molecular flexibility index (Phi) is 12.9. The number of carbonyl (C=O) groups is 4. The minimum atomic E-state index is -0.880. The topological polar surface area (TPSA) is 229 Å². The minimum Gasteiger partial charge on any atom is -0.494 e. The highest BCUT2D eigenvalue weighted by atomic mass is 16.6. The fourth-order valence-corrected chi connectivity index (χ4v) is 5.21. The van der Waals surface area contributed by atoms with Crippen LogP contribution in [0.3, 0.4) is 0 Å². The first-order valence-electron chi connectivity index (χ1n) is 19.2. The predicted molar refractivity (Wildman–Crippen MR) is 209 cm³/mol. The molecule has 2 aliphatic rings. The summed E-state index contributed by atoms with van der Waals surface area (Å²) in [5.41, 5.74) is -0.382. The van der Waals surface area contributed by atoms with E-state index in [0.717, 1.165) is 21.8 Å². The van der Waals surface area contributed by atoms with Gasteiger partial charge in [0.2, 0.25) is 0 Å². The van der Waals surface area contributed by atoms with Gasteiger partial charge in [-0.15, -0.1) is 10.2 Å². The molecule has 0 amide bonds. The molecule has 8 rings (SSSR count). The molecule has 0 N–H and O–H groups in total. The van der Waals surface area contributed by atoms with Gasteiger partial charge < -0.3 is 47.4 Å². The van der Waals surface area contributed by atoms with Crippen LogP contribution in [0.1, 0.15) is 33.8 Å². The highest BCUT2D eigenvalue weighted by molar-refractivity contribution is 5.90. The summed E-state index contributed by atoms with van der Waals surface area (Å²) in [6, 6.07) is 25.7. The van der Waals surface area contributed by atoms with E-state index in [4.69, 9.17) is 47.4 Å². The summed E-state index contributed by atoms with van der Waals surface area (Å²) >= 11 is 0. The molecule has 4 aromatic carbocycles. The number of hydrogen-bond donors (Lipinski definition) is 0. The lowest BCUT2D eigenvalue weighted by Gasteiger charge is -2.09. The average Bonchev–Trinajstić information content (AvgIpc) is 4.20. The van der Waals surface area contributed by atoms with Gasteiger partial charge in [0.15, 0.2) is 11.4 Å². The standard InChI is InChI=1S/C42H36N6O14/c49-39(37-21-48(46-43-37)42(52)62-34-17-9-30(10-18-34)56-24-36-26-58-36)59-31-11-3-27(4-12-31)53-19-1-2-20-54-28-5-15-33(16-6-28)61-41(51)47-22-38(44-45-47)40(50)60-32-13-7-29(8-14-32)55-23-35-25-57-35/h3-18,21-22,35-36H,1-2,19-20,23-26H2. The number of nitrogens with zero attached hydrogens (tertiary/aromatic N) is 6. The fourth-order valence-electron chi connectivity index (χ4n) is 5.21. The van der Waals surface area contributed by atoms with Crippen LogP contribution in [0.2, 0.25) is 0 Å². The highest BCUT2D eigenvalue weighted by Crippen LogP contribution is 2.23. The molecular formula is C42H36N6O14. The van der Waals surface area contributed by atoms with E-state index in [1.54, 1.807) is 97.1 Å². The normalized spacial score (nSPS) is 14.8. The molecule has 20 heteroatoms. The molecule has 2 atom stereocenters. The second kappa shape index (κ2) is 19.5. The molecule has 4 heterocycles. The van der Waals surface area contributed by atoms with Gasteiger partial charge in [-0.05, 0) is 110 Å². The van der Waals surface area contributed by atoms with E-state index in [1.165, 1.54) is 0 Å². The number of aromatic nitrogens is 6. The Morgan fingerprint density at radius 1 is 0.468 bits per heavy atom. The summed E-state index contributed by atoms with van der Waals surface area (Å²) < 4.78 is 55.8. The van der Waals surface area contributed by atoms with Gasteiger partial charge in [0, 0.05) is 0 Å². The lowest BCUT2D eigenvalue weighted by molar-refractivity contribution is 0.0719. The maximum Gasteiger partial charge on any atom is 0.441 e. The van der Waals surface area contributed by atoms with Gasteiger partial charge in [0.05, 0.1) is 38.8 Å². The Morgan fingerprint density at radius 3 is 1.11 bits per heavy atom. The second-order valence-corrected chi connectivity index (χ2v) is 13.4. The molecule has 0 bridgehead atoms. The van der Waals surface area contributed by atoms with Crippen molar-refractivity contribution in [2.24, 2.45) is 0 Å². The number of esters is 2. The lowest BCUT2D eigenvalue weighted by atomic mass is 10.3. The van der Waals surface area contributed by atoms with Crippen LogP contribution in [0, 0.1) is 0 Å². The summed E-state index contributed by atoms with van der Waals surface area (Å²) in [7, 11) is 0. The Bertz CT molecular complexity index is 2290. The molecule has 62 heavy (non-hydrogen) atoms. The van der Waals surface area contributed by atoms with Gasteiger partial charge in [-0.3, -0.25) is 0 Å². The van der Waals surface area contributed by atoms with Crippen molar-refractivity contribution >= 4 is 24.1 Å². The number of benzene rings is 4. The van der Waals surface area contributed by atoms with Crippen molar-refractivity contribution in [3.63, 3.8) is 0 Å². The summed E-state index contributed by atoms with van der Waals surface area (Å²) in [5, 5.41) is 14.8. The number of hydrogen-bond acceptors (Lipinski definition) is 18. The van der Waals surface area contributed by atoms with Crippen molar-refractivity contribution in [3.05, 3.63) is 121 Å². The van der Waals surface area contributed by atoms with E-state index in [2.05, 4.69) is 20.6 Å². The molecule has 0 radical (unpaired) electrons. The SMILES string of the molecule is O=C(Oc1ccc(OCC2CO2)cc1)c1cn(C(=O)Oc2ccc(OCCCCOc3ccc(OC(=O)c4cn(C(=O)Oc5ccc(OCC6CO6)cc5)nn4)cc3)cc2)nn1. The first-order chi connectivity index (χ1) is 30.3. The summed E-state index contributed by atoms with van der Waals surface area (Å²) in [6.07, 6.45) is 2.08. The van der Waals surface area contributed by atoms with Crippen molar-refractivity contribution in [2.45, 2.75) is 25.0 Å². The Morgan fingerprint density at radius 2 is 0.774 bits per heavy atom. The Hall–Kier alpha value is -7.84. The third-order valence-electron chi connectivity index (χ3n) is 8.66. The molecule has 0 spiro atoms. The molecule has 2 fully saturated rings. The van der Waals surface area contributed by atoms with Crippen LogP contribution in [0.4, 0.5) is 9.59 Å². The minimum absolute atomic E-state index is 0.119. The summed E-state index contributed by atoms with van der Waals surface area (Å²) in [4.78, 5) is 50.3. The third kappa shape index (κ3) is 11.9. The molecule has 2 aromatic heterocycles. The number of epoxide rings is 2. The van der Waals surface area contributed by atoms with E-state index < -0.39 is 24.1 Å². The quantitative estimate of drug-likeness (QED) is 0.0442. The van der Waals surface area contributed by atoms with Crippen LogP contribution in [-0.4, -0.2) is 106 Å². The van der Waals surface area contributed by atoms with Gasteiger partial charge in [-0.2, -0.15) is 9.36 Å². The Balaban J connectivity index is 0.690. The van der Waals surface area contributed by atoms with E-state index in [-0.39, 0.29) is 46.6 Å². The van der Waals surface area contributed by atoms with Crippen LogP contribution >= 0.6 is 0 Å². The summed E-state index contributed by atoms with van der Waals surface area (Å²) in [5.74, 6) is 1.70. The Labute approximate surface area is 351 Å². The van der Waals surface area contributed by atoms with E-state index >= 15 is 0 Å². The van der Waals surface area contributed by atoms with E-state index in [1.807, 2.05) is 0 Å². The molecule has 318 valence electrons. The van der Waals surface area contributed by atoms with Crippen LogP contribution in [0.25, 0.3) is 0 Å². The van der Waals surface area contributed by atoms with Crippen molar-refractivity contribution < 1.29 is 66.5 Å². The molecular weight excluding hydrogens is 812 g/mol. The van der Waals surface area contributed by atoms with Gasteiger partial charge >= 0.3 is 24.1 Å². The zero-order chi connectivity index (χ0) is 42.7. The van der Waals surface area contributed by atoms with Crippen molar-refractivity contribution in [1.82, 2.24) is 30.0 Å². The van der Waals surface area contributed by atoms with Gasteiger partial charge in [0.25, 0.3) is 0 Å². The third-order valence-corrected chi connectivity index (χ3v) is 8.66. The van der Waals surface area contributed by atoms with Crippen molar-refractivity contribution in [3.8, 4) is 46.0 Å². The van der Waals surface area contributed by atoms with Crippen LogP contribution in [-0.2, 0) is 9.47 Å². The first-order valence-corrected chi connectivity index (χ1v) is 19.2. The monoisotopic (exact) mass is 848 g/mol. The van der Waals surface area contributed by atoms with Crippen LogP contribution in [0.5, 0.6) is 46.0 Å².